The quantitative estimate of drug-likeness (QED) is 0.564. The Morgan fingerprint density at radius 1 is 0.957 bits per heavy atom. The summed E-state index contributed by atoms with van der Waals surface area (Å²) in [5, 5.41) is 9.75. The summed E-state index contributed by atoms with van der Waals surface area (Å²) in [6.07, 6.45) is 0. The van der Waals surface area contributed by atoms with E-state index >= 15 is 0 Å². The zero-order valence-corrected chi connectivity index (χ0v) is 13.9. The molecule has 0 saturated heterocycles. The number of rotatable bonds is 2. The molecule has 0 atom stereocenters. The Hall–Kier alpha value is -2.60. The van der Waals surface area contributed by atoms with E-state index in [9.17, 15) is 0 Å². The fraction of sp³-hybridized carbons (Fsp3) is 0.176. The lowest BCUT2D eigenvalue weighted by molar-refractivity contribution is 0.665. The van der Waals surface area contributed by atoms with Crippen LogP contribution in [-0.2, 0) is 7.05 Å². The summed E-state index contributed by atoms with van der Waals surface area (Å²) < 4.78 is 0. The fourth-order valence-electron chi connectivity index (χ4n) is 2.63. The Labute approximate surface area is 137 Å². The van der Waals surface area contributed by atoms with Crippen molar-refractivity contribution in [3.05, 3.63) is 47.1 Å². The Morgan fingerprint density at radius 2 is 1.78 bits per heavy atom. The highest BCUT2D eigenvalue weighted by molar-refractivity contribution is 7.15. The van der Waals surface area contributed by atoms with Crippen LogP contribution in [0.3, 0.4) is 0 Å². The van der Waals surface area contributed by atoms with Crippen LogP contribution in [0.1, 0.15) is 10.7 Å². The van der Waals surface area contributed by atoms with Gasteiger partial charge in [0.2, 0.25) is 0 Å². The summed E-state index contributed by atoms with van der Waals surface area (Å²) in [5.41, 5.74) is 5.71. The molecule has 23 heavy (non-hydrogen) atoms. The molecule has 0 bridgehead atoms. The van der Waals surface area contributed by atoms with Crippen molar-refractivity contribution in [3.8, 4) is 21.8 Å². The van der Waals surface area contributed by atoms with E-state index in [4.69, 9.17) is 4.98 Å². The minimum atomic E-state index is 0.888. The smallest absolute Gasteiger partial charge is 0.113 e. The third kappa shape index (κ3) is 2.51. The van der Waals surface area contributed by atoms with Gasteiger partial charge in [0.05, 0.1) is 15.6 Å². The highest BCUT2D eigenvalue weighted by atomic mass is 32.1. The van der Waals surface area contributed by atoms with E-state index in [-0.39, 0.29) is 0 Å². The molecule has 0 aliphatic heterocycles. The third-order valence-corrected chi connectivity index (χ3v) is 4.63. The molecule has 0 radical (unpaired) electrons. The lowest BCUT2D eigenvalue weighted by Crippen LogP contribution is -1.90. The molecule has 0 aliphatic rings. The van der Waals surface area contributed by atoms with Crippen LogP contribution >= 0.6 is 11.3 Å². The van der Waals surface area contributed by atoms with E-state index in [1.807, 2.05) is 45.2 Å². The van der Waals surface area contributed by atoms with E-state index in [1.54, 1.807) is 16.1 Å². The summed E-state index contributed by atoms with van der Waals surface area (Å²) in [7, 11) is 1.83. The van der Waals surface area contributed by atoms with Crippen LogP contribution in [-0.4, -0.2) is 25.0 Å². The first-order valence-corrected chi connectivity index (χ1v) is 8.15. The Bertz CT molecular complexity index is 1010. The van der Waals surface area contributed by atoms with Gasteiger partial charge in [-0.1, -0.05) is 12.1 Å². The average Bonchev–Trinajstić information content (AvgIpc) is 3.08. The number of hydrogen-bond donors (Lipinski definition) is 0. The molecule has 0 N–H and O–H groups in total. The van der Waals surface area contributed by atoms with Crippen molar-refractivity contribution in [2.75, 3.05) is 0 Å². The van der Waals surface area contributed by atoms with Crippen molar-refractivity contribution in [1.29, 1.82) is 0 Å². The van der Waals surface area contributed by atoms with E-state index in [1.165, 1.54) is 0 Å². The first kappa shape index (κ1) is 14.0. The molecule has 0 fully saturated rings. The van der Waals surface area contributed by atoms with Crippen molar-refractivity contribution < 1.29 is 0 Å². The molecule has 4 aromatic rings. The van der Waals surface area contributed by atoms with Crippen LogP contribution in [0.15, 0.2) is 36.4 Å². The second kappa shape index (κ2) is 5.24. The molecule has 5 nitrogen and oxygen atoms in total. The zero-order valence-electron chi connectivity index (χ0n) is 13.1. The second-order valence-corrected chi connectivity index (χ2v) is 6.67. The van der Waals surface area contributed by atoms with Gasteiger partial charge in [-0.2, -0.15) is 15.0 Å². The summed E-state index contributed by atoms with van der Waals surface area (Å²) in [4.78, 5) is 12.0. The first-order valence-electron chi connectivity index (χ1n) is 7.33. The SMILES string of the molecule is Cc1cccc(-c2nc(C)sc2-c2ccc3nn(C)nc3c2)n1. The normalized spacial score (nSPS) is 11.3. The predicted molar refractivity (Wildman–Crippen MR) is 92.3 cm³/mol. The van der Waals surface area contributed by atoms with E-state index in [0.29, 0.717) is 0 Å². The molecule has 3 heterocycles. The van der Waals surface area contributed by atoms with Gasteiger partial charge >= 0.3 is 0 Å². The van der Waals surface area contributed by atoms with Crippen LogP contribution in [0.5, 0.6) is 0 Å². The molecule has 0 unspecified atom stereocenters. The molecular weight excluding hydrogens is 306 g/mol. The van der Waals surface area contributed by atoms with Crippen LogP contribution in [0, 0.1) is 13.8 Å². The Morgan fingerprint density at radius 3 is 2.61 bits per heavy atom. The standard InChI is InChI=1S/C17H15N5S/c1-10-5-4-6-14(18-10)16-17(23-11(2)19-16)12-7-8-13-15(9-12)21-22(3)20-13/h4-9H,1-3H3. The second-order valence-electron chi connectivity index (χ2n) is 5.47. The minimum absolute atomic E-state index is 0.888. The van der Waals surface area contributed by atoms with Crippen molar-refractivity contribution in [3.63, 3.8) is 0 Å². The number of nitrogens with zero attached hydrogens (tertiary/aromatic N) is 5. The molecule has 0 spiro atoms. The maximum atomic E-state index is 4.70. The number of fused-ring (bicyclic) bond motifs is 1. The summed E-state index contributed by atoms with van der Waals surface area (Å²) >= 11 is 1.68. The van der Waals surface area contributed by atoms with Gasteiger partial charge in [-0.3, -0.25) is 4.98 Å². The van der Waals surface area contributed by atoms with Crippen molar-refractivity contribution in [2.24, 2.45) is 7.05 Å². The zero-order chi connectivity index (χ0) is 16.0. The van der Waals surface area contributed by atoms with Crippen LogP contribution < -0.4 is 0 Å². The van der Waals surface area contributed by atoms with Crippen molar-refractivity contribution in [1.82, 2.24) is 25.0 Å². The van der Waals surface area contributed by atoms with Crippen molar-refractivity contribution >= 4 is 22.4 Å². The first-order chi connectivity index (χ1) is 11.1. The third-order valence-electron chi connectivity index (χ3n) is 3.61. The number of hydrogen-bond acceptors (Lipinski definition) is 5. The maximum Gasteiger partial charge on any atom is 0.113 e. The molecule has 3 aromatic heterocycles. The Balaban J connectivity index is 1.90. The van der Waals surface area contributed by atoms with E-state index < -0.39 is 0 Å². The number of thiazole rings is 1. The summed E-state index contributed by atoms with van der Waals surface area (Å²) in [6, 6.07) is 12.2. The molecule has 114 valence electrons. The van der Waals surface area contributed by atoms with E-state index in [0.717, 1.165) is 43.6 Å². The lowest BCUT2D eigenvalue weighted by Gasteiger charge is -2.03. The number of aromatic nitrogens is 5. The van der Waals surface area contributed by atoms with Gasteiger partial charge in [0, 0.05) is 12.7 Å². The van der Waals surface area contributed by atoms with Gasteiger partial charge in [0.1, 0.15) is 16.7 Å². The molecule has 6 heteroatoms. The molecule has 0 aliphatic carbocycles. The molecule has 1 aromatic carbocycles. The van der Waals surface area contributed by atoms with Crippen LogP contribution in [0.25, 0.3) is 32.9 Å². The number of aryl methyl sites for hydroxylation is 3. The summed E-state index contributed by atoms with van der Waals surface area (Å²) in [6.45, 7) is 4.02. The highest BCUT2D eigenvalue weighted by Crippen LogP contribution is 2.36. The average molecular weight is 321 g/mol. The topological polar surface area (TPSA) is 56.5 Å². The molecule has 0 saturated carbocycles. The van der Waals surface area contributed by atoms with Gasteiger partial charge in [0.15, 0.2) is 0 Å². The van der Waals surface area contributed by atoms with Gasteiger partial charge in [0.25, 0.3) is 0 Å². The predicted octanol–water partition coefficient (Wildman–Crippen LogP) is 3.77. The van der Waals surface area contributed by atoms with Gasteiger partial charge in [-0.05, 0) is 43.7 Å². The fourth-order valence-corrected chi connectivity index (χ4v) is 3.56. The molecule has 0 amide bonds. The van der Waals surface area contributed by atoms with E-state index in [2.05, 4.69) is 27.3 Å². The number of pyridine rings is 1. The van der Waals surface area contributed by atoms with Gasteiger partial charge < -0.3 is 0 Å². The monoisotopic (exact) mass is 321 g/mol. The maximum absolute atomic E-state index is 4.70. The van der Waals surface area contributed by atoms with Crippen molar-refractivity contribution in [2.45, 2.75) is 13.8 Å². The van der Waals surface area contributed by atoms with Gasteiger partial charge in [-0.25, -0.2) is 4.98 Å². The van der Waals surface area contributed by atoms with Gasteiger partial charge in [-0.15, -0.1) is 11.3 Å². The number of benzene rings is 1. The molecular formula is C17H15N5S. The van der Waals surface area contributed by atoms with Crippen LogP contribution in [0.4, 0.5) is 0 Å². The van der Waals surface area contributed by atoms with Crippen LogP contribution in [0.2, 0.25) is 0 Å². The highest BCUT2D eigenvalue weighted by Gasteiger charge is 2.15. The Kier molecular flexibility index (Phi) is 3.20. The minimum Gasteiger partial charge on any atom is -0.251 e. The summed E-state index contributed by atoms with van der Waals surface area (Å²) in [5.74, 6) is 0. The lowest BCUT2D eigenvalue weighted by atomic mass is 10.1. The largest absolute Gasteiger partial charge is 0.251 e. The molecule has 4 rings (SSSR count).